The molecule has 0 bridgehead atoms. The second kappa shape index (κ2) is 10.9. The van der Waals surface area contributed by atoms with Crippen LogP contribution in [-0.2, 0) is 4.74 Å². The fraction of sp³-hybridized carbons (Fsp3) is 0.409. The zero-order valence-corrected chi connectivity index (χ0v) is 19.0. The molecule has 1 saturated heterocycles. The van der Waals surface area contributed by atoms with Gasteiger partial charge in [-0.3, -0.25) is 0 Å². The molecule has 0 aromatic heterocycles. The first kappa shape index (κ1) is 23.4. The van der Waals surface area contributed by atoms with Crippen LogP contribution in [0.1, 0.15) is 24.5 Å². The van der Waals surface area contributed by atoms with Gasteiger partial charge in [0.15, 0.2) is 0 Å². The summed E-state index contributed by atoms with van der Waals surface area (Å²) < 4.78 is 40.4. The normalized spacial score (nSPS) is 19.5. The Kier molecular flexibility index (Phi) is 8.22. The van der Waals surface area contributed by atoms with E-state index in [9.17, 15) is 13.6 Å². The summed E-state index contributed by atoms with van der Waals surface area (Å²) >= 11 is 3.36. The standard InChI is InChI=1S/C22H26BrF2N3O3/c1-30-16-10-17(24)21(18(25)11-16)20(31-2)9-13-12-26-8-7-19(13)28-22(29)27-15-5-3-14(23)4-6-15/h3-6,10-11,13,19-20,26H,7-9,12H2,1-2H3,(H2,27,28,29)/t13?,19?,20-/m1/s1. The van der Waals surface area contributed by atoms with Gasteiger partial charge >= 0.3 is 6.03 Å². The number of hydrogen-bond acceptors (Lipinski definition) is 4. The molecule has 2 aromatic carbocycles. The first-order valence-corrected chi connectivity index (χ1v) is 10.8. The van der Waals surface area contributed by atoms with Crippen LogP contribution in [0.2, 0.25) is 0 Å². The molecule has 0 saturated carbocycles. The average molecular weight is 498 g/mol. The molecular weight excluding hydrogens is 472 g/mol. The Hall–Kier alpha value is -2.23. The smallest absolute Gasteiger partial charge is 0.319 e. The summed E-state index contributed by atoms with van der Waals surface area (Å²) in [5, 5.41) is 9.09. The average Bonchev–Trinajstić information content (AvgIpc) is 2.75. The largest absolute Gasteiger partial charge is 0.497 e. The van der Waals surface area contributed by atoms with Gasteiger partial charge < -0.3 is 25.4 Å². The van der Waals surface area contributed by atoms with Gasteiger partial charge in [-0.2, -0.15) is 0 Å². The molecule has 1 fully saturated rings. The van der Waals surface area contributed by atoms with Crippen LogP contribution in [0.5, 0.6) is 5.75 Å². The molecule has 2 unspecified atom stereocenters. The van der Waals surface area contributed by atoms with Gasteiger partial charge in [-0.15, -0.1) is 0 Å². The highest BCUT2D eigenvalue weighted by Gasteiger charge is 2.31. The minimum atomic E-state index is -0.797. The Bertz CT molecular complexity index is 875. The van der Waals surface area contributed by atoms with Crippen molar-refractivity contribution in [3.63, 3.8) is 0 Å². The highest BCUT2D eigenvalue weighted by molar-refractivity contribution is 9.10. The topological polar surface area (TPSA) is 71.6 Å². The number of benzene rings is 2. The van der Waals surface area contributed by atoms with E-state index in [-0.39, 0.29) is 29.3 Å². The fourth-order valence-corrected chi connectivity index (χ4v) is 4.09. The molecule has 3 atom stereocenters. The van der Waals surface area contributed by atoms with E-state index in [2.05, 4.69) is 31.9 Å². The van der Waals surface area contributed by atoms with Gasteiger partial charge in [0.1, 0.15) is 17.4 Å². The Morgan fingerprint density at radius 3 is 2.52 bits per heavy atom. The number of carbonyl (C=O) groups is 1. The van der Waals surface area contributed by atoms with Crippen molar-refractivity contribution in [2.45, 2.75) is 25.0 Å². The van der Waals surface area contributed by atoms with Gasteiger partial charge in [-0.05, 0) is 49.6 Å². The lowest BCUT2D eigenvalue weighted by molar-refractivity contribution is 0.0636. The summed E-state index contributed by atoms with van der Waals surface area (Å²) in [6.45, 7) is 1.34. The van der Waals surface area contributed by atoms with Crippen molar-refractivity contribution in [3.05, 3.63) is 58.1 Å². The highest BCUT2D eigenvalue weighted by atomic mass is 79.9. The van der Waals surface area contributed by atoms with Crippen molar-refractivity contribution < 1.29 is 23.0 Å². The third-order valence-corrected chi connectivity index (χ3v) is 5.97. The van der Waals surface area contributed by atoms with E-state index in [4.69, 9.17) is 9.47 Å². The Morgan fingerprint density at radius 2 is 1.90 bits per heavy atom. The summed E-state index contributed by atoms with van der Waals surface area (Å²) in [6, 6.07) is 9.05. The van der Waals surface area contributed by atoms with Gasteiger partial charge in [-0.25, -0.2) is 13.6 Å². The number of anilines is 1. The first-order valence-electron chi connectivity index (χ1n) is 10.0. The monoisotopic (exact) mass is 497 g/mol. The summed E-state index contributed by atoms with van der Waals surface area (Å²) in [4.78, 5) is 12.5. The van der Waals surface area contributed by atoms with Crippen LogP contribution in [-0.4, -0.2) is 39.4 Å². The van der Waals surface area contributed by atoms with E-state index in [1.54, 1.807) is 12.1 Å². The molecule has 1 aliphatic heterocycles. The number of ether oxygens (including phenoxy) is 2. The van der Waals surface area contributed by atoms with Crippen LogP contribution in [0, 0.1) is 17.6 Å². The number of amides is 2. The van der Waals surface area contributed by atoms with Crippen LogP contribution >= 0.6 is 15.9 Å². The molecule has 2 aromatic rings. The lowest BCUT2D eigenvalue weighted by atomic mass is 9.86. The van der Waals surface area contributed by atoms with Gasteiger partial charge in [0, 0.05) is 42.0 Å². The lowest BCUT2D eigenvalue weighted by Gasteiger charge is -2.35. The van der Waals surface area contributed by atoms with Gasteiger partial charge in [0.25, 0.3) is 0 Å². The van der Waals surface area contributed by atoms with E-state index in [1.165, 1.54) is 14.2 Å². The molecule has 6 nitrogen and oxygen atoms in total. The van der Waals surface area contributed by atoms with Crippen molar-refractivity contribution in [1.82, 2.24) is 10.6 Å². The lowest BCUT2D eigenvalue weighted by Crippen LogP contribution is -2.51. The minimum Gasteiger partial charge on any atom is -0.497 e. The van der Waals surface area contributed by atoms with Crippen molar-refractivity contribution in [2.75, 3.05) is 32.6 Å². The number of rotatable bonds is 7. The zero-order chi connectivity index (χ0) is 22.4. The molecular formula is C22H26BrF2N3O3. The number of halogens is 3. The van der Waals surface area contributed by atoms with E-state index in [0.717, 1.165) is 23.2 Å². The number of hydrogen-bond donors (Lipinski definition) is 3. The second-order valence-corrected chi connectivity index (χ2v) is 8.35. The number of methoxy groups -OCH3 is 2. The molecule has 0 spiro atoms. The van der Waals surface area contributed by atoms with Crippen LogP contribution in [0.3, 0.4) is 0 Å². The van der Waals surface area contributed by atoms with E-state index < -0.39 is 17.7 Å². The Labute approximate surface area is 188 Å². The number of urea groups is 1. The molecule has 2 amide bonds. The minimum absolute atomic E-state index is 0.0738. The molecule has 31 heavy (non-hydrogen) atoms. The second-order valence-electron chi connectivity index (χ2n) is 7.43. The quantitative estimate of drug-likeness (QED) is 0.522. The molecule has 3 N–H and O–H groups in total. The van der Waals surface area contributed by atoms with Gasteiger partial charge in [-0.1, -0.05) is 15.9 Å². The predicted molar refractivity (Wildman–Crippen MR) is 118 cm³/mol. The van der Waals surface area contributed by atoms with Gasteiger partial charge in [0.05, 0.1) is 18.8 Å². The van der Waals surface area contributed by atoms with Crippen LogP contribution in [0.15, 0.2) is 40.9 Å². The third-order valence-electron chi connectivity index (χ3n) is 5.44. The zero-order valence-electron chi connectivity index (χ0n) is 17.4. The molecule has 1 aliphatic rings. The molecule has 0 radical (unpaired) electrons. The molecule has 9 heteroatoms. The van der Waals surface area contributed by atoms with Gasteiger partial charge in [0.2, 0.25) is 0 Å². The van der Waals surface area contributed by atoms with Crippen LogP contribution in [0.25, 0.3) is 0 Å². The molecule has 168 valence electrons. The number of piperidine rings is 1. The van der Waals surface area contributed by atoms with Crippen molar-refractivity contribution in [2.24, 2.45) is 5.92 Å². The molecule has 3 rings (SSSR count). The first-order chi connectivity index (χ1) is 14.9. The SMILES string of the molecule is COc1cc(F)c([C@@H](CC2CNCCC2NC(=O)Nc2ccc(Br)cc2)OC)c(F)c1. The van der Waals surface area contributed by atoms with Crippen molar-refractivity contribution in [3.8, 4) is 5.75 Å². The van der Waals surface area contributed by atoms with E-state index in [0.29, 0.717) is 25.1 Å². The summed E-state index contributed by atoms with van der Waals surface area (Å²) in [5.41, 5.74) is 0.537. The number of nitrogens with one attached hydrogen (secondary N) is 3. The van der Waals surface area contributed by atoms with Crippen LogP contribution in [0.4, 0.5) is 19.3 Å². The summed E-state index contributed by atoms with van der Waals surface area (Å²) in [7, 11) is 2.78. The summed E-state index contributed by atoms with van der Waals surface area (Å²) in [6.07, 6.45) is 0.240. The summed E-state index contributed by atoms with van der Waals surface area (Å²) in [5.74, 6) is -1.40. The molecule has 0 aliphatic carbocycles. The Balaban J connectivity index is 1.69. The number of carbonyl (C=O) groups excluding carboxylic acids is 1. The van der Waals surface area contributed by atoms with E-state index in [1.807, 2.05) is 12.1 Å². The highest BCUT2D eigenvalue weighted by Crippen LogP contribution is 2.33. The third kappa shape index (κ3) is 6.15. The van der Waals surface area contributed by atoms with Crippen molar-refractivity contribution >= 4 is 27.6 Å². The van der Waals surface area contributed by atoms with Crippen LogP contribution < -0.4 is 20.7 Å². The van der Waals surface area contributed by atoms with Crippen molar-refractivity contribution in [1.29, 1.82) is 0 Å². The predicted octanol–water partition coefficient (Wildman–Crippen LogP) is 4.61. The maximum absolute atomic E-state index is 14.6. The molecule has 1 heterocycles. The maximum Gasteiger partial charge on any atom is 0.319 e. The Morgan fingerprint density at radius 1 is 1.23 bits per heavy atom. The van der Waals surface area contributed by atoms with E-state index >= 15 is 0 Å². The fourth-order valence-electron chi connectivity index (χ4n) is 3.82. The maximum atomic E-state index is 14.6.